The van der Waals surface area contributed by atoms with E-state index in [1.54, 1.807) is 30.3 Å². The topological polar surface area (TPSA) is 62.1 Å². The van der Waals surface area contributed by atoms with Gasteiger partial charge in [-0.15, -0.1) is 0 Å². The second-order valence-corrected chi connectivity index (χ2v) is 10.1. The summed E-state index contributed by atoms with van der Waals surface area (Å²) in [5.41, 5.74) is 2.33. The van der Waals surface area contributed by atoms with E-state index < -0.39 is 5.91 Å². The third-order valence-electron chi connectivity index (χ3n) is 4.10. The van der Waals surface area contributed by atoms with E-state index in [2.05, 4.69) is 66.4 Å². The minimum absolute atomic E-state index is 0.00907. The monoisotopic (exact) mass is 718 g/mol. The first-order chi connectivity index (χ1) is 14.9. The number of carbonyl (C=O) groups excluding carboxylic acids is 1. The summed E-state index contributed by atoms with van der Waals surface area (Å²) in [5, 5.41) is 12.7. The molecule has 0 saturated heterocycles. The second kappa shape index (κ2) is 11.3. The molecule has 0 radical (unpaired) electrons. The minimum Gasteiger partial charge on any atom is -0.487 e. The molecule has 0 fully saturated rings. The van der Waals surface area contributed by atoms with Gasteiger partial charge >= 0.3 is 0 Å². The van der Waals surface area contributed by atoms with Gasteiger partial charge in [-0.2, -0.15) is 5.26 Å². The highest BCUT2D eigenvalue weighted by Crippen LogP contribution is 2.33. The minimum atomic E-state index is -0.491. The Bertz CT molecular complexity index is 1150. The summed E-state index contributed by atoms with van der Waals surface area (Å²) >= 11 is 13.8. The molecule has 0 aliphatic heterocycles. The lowest BCUT2D eigenvalue weighted by Gasteiger charge is -2.12. The predicted molar refractivity (Wildman–Crippen MR) is 144 cm³/mol. The molecule has 0 heterocycles. The van der Waals surface area contributed by atoms with E-state index in [0.717, 1.165) is 13.6 Å². The zero-order valence-corrected chi connectivity index (χ0v) is 22.5. The van der Waals surface area contributed by atoms with E-state index in [0.29, 0.717) is 28.6 Å². The van der Waals surface area contributed by atoms with Gasteiger partial charge in [-0.25, -0.2) is 0 Å². The largest absolute Gasteiger partial charge is 0.487 e. The highest BCUT2D eigenvalue weighted by molar-refractivity contribution is 14.1. The van der Waals surface area contributed by atoms with Gasteiger partial charge in [-0.1, -0.05) is 23.7 Å². The molecule has 156 valence electrons. The molecule has 0 spiro atoms. The third kappa shape index (κ3) is 6.94. The van der Waals surface area contributed by atoms with Crippen molar-refractivity contribution in [1.82, 2.24) is 0 Å². The molecule has 0 aromatic heterocycles. The van der Waals surface area contributed by atoms with Crippen LogP contribution in [0.15, 0.2) is 70.7 Å². The number of nitrogens with one attached hydrogen (secondary N) is 1. The number of hydrogen-bond acceptors (Lipinski definition) is 3. The quantitative estimate of drug-likeness (QED) is 0.164. The number of nitrogens with zero attached hydrogens (tertiary/aromatic N) is 1. The second-order valence-electron chi connectivity index (χ2n) is 6.36. The number of rotatable bonds is 6. The highest BCUT2D eigenvalue weighted by Gasteiger charge is 2.13. The van der Waals surface area contributed by atoms with Crippen LogP contribution in [0.4, 0.5) is 5.69 Å². The summed E-state index contributed by atoms with van der Waals surface area (Å²) in [5.74, 6) is 0.218. The average Bonchev–Trinajstić information content (AvgIpc) is 2.74. The molecule has 4 nitrogen and oxygen atoms in total. The maximum absolute atomic E-state index is 12.5. The number of nitriles is 1. The van der Waals surface area contributed by atoms with Gasteiger partial charge in [0.2, 0.25) is 0 Å². The number of ether oxygens (including phenoxy) is 1. The van der Waals surface area contributed by atoms with Crippen molar-refractivity contribution in [3.8, 4) is 11.8 Å². The van der Waals surface area contributed by atoms with Crippen molar-refractivity contribution in [1.29, 1.82) is 5.26 Å². The summed E-state index contributed by atoms with van der Waals surface area (Å²) in [4.78, 5) is 12.5. The van der Waals surface area contributed by atoms with Crippen molar-refractivity contribution in [2.24, 2.45) is 0 Å². The number of anilines is 1. The van der Waals surface area contributed by atoms with E-state index in [4.69, 9.17) is 16.3 Å². The van der Waals surface area contributed by atoms with Crippen LogP contribution in [0.2, 0.25) is 5.02 Å². The molecular formula is C23H14BrClI2N2O2. The summed E-state index contributed by atoms with van der Waals surface area (Å²) in [6.45, 7) is 0.438. The molecule has 3 aromatic carbocycles. The van der Waals surface area contributed by atoms with Crippen molar-refractivity contribution >= 4 is 90.4 Å². The summed E-state index contributed by atoms with van der Waals surface area (Å²) < 4.78 is 8.75. The molecule has 0 aliphatic rings. The van der Waals surface area contributed by atoms with Gasteiger partial charge < -0.3 is 10.1 Å². The van der Waals surface area contributed by atoms with Crippen LogP contribution in [0.5, 0.6) is 5.75 Å². The van der Waals surface area contributed by atoms with Crippen LogP contribution >= 0.6 is 72.7 Å². The van der Waals surface area contributed by atoms with Crippen molar-refractivity contribution in [2.45, 2.75) is 6.61 Å². The molecule has 0 saturated carbocycles. The molecule has 3 aromatic rings. The maximum atomic E-state index is 12.5. The van der Waals surface area contributed by atoms with Crippen LogP contribution in [-0.4, -0.2) is 5.91 Å². The van der Waals surface area contributed by atoms with Crippen LogP contribution in [0.3, 0.4) is 0 Å². The van der Waals surface area contributed by atoms with Crippen molar-refractivity contribution < 1.29 is 9.53 Å². The van der Waals surface area contributed by atoms with Gasteiger partial charge in [0.25, 0.3) is 5.91 Å². The lowest BCUT2D eigenvalue weighted by atomic mass is 10.1. The van der Waals surface area contributed by atoms with Gasteiger partial charge in [-0.05, 0) is 127 Å². The average molecular weight is 720 g/mol. The van der Waals surface area contributed by atoms with Crippen LogP contribution in [0.1, 0.15) is 11.1 Å². The highest BCUT2D eigenvalue weighted by atomic mass is 127. The Morgan fingerprint density at radius 1 is 1.13 bits per heavy atom. The van der Waals surface area contributed by atoms with Crippen molar-refractivity contribution in [2.75, 3.05) is 5.32 Å². The van der Waals surface area contributed by atoms with Gasteiger partial charge in [0.15, 0.2) is 0 Å². The van der Waals surface area contributed by atoms with Crippen LogP contribution in [0.25, 0.3) is 6.08 Å². The molecular weight excluding hydrogens is 705 g/mol. The summed E-state index contributed by atoms with van der Waals surface area (Å²) in [6, 6.07) is 20.4. The Kier molecular flexibility index (Phi) is 8.77. The van der Waals surface area contributed by atoms with E-state index >= 15 is 0 Å². The van der Waals surface area contributed by atoms with Gasteiger partial charge in [0.1, 0.15) is 24.0 Å². The zero-order chi connectivity index (χ0) is 22.4. The molecule has 31 heavy (non-hydrogen) atoms. The Hall–Kier alpha value is -1.61. The van der Waals surface area contributed by atoms with E-state index in [9.17, 15) is 10.1 Å². The first kappa shape index (κ1) is 24.0. The fourth-order valence-electron chi connectivity index (χ4n) is 2.58. The van der Waals surface area contributed by atoms with E-state index in [1.807, 2.05) is 42.5 Å². The summed E-state index contributed by atoms with van der Waals surface area (Å²) in [6.07, 6.45) is 1.54. The normalized spacial score (nSPS) is 11.0. The molecule has 1 N–H and O–H groups in total. The number of hydrogen-bond donors (Lipinski definition) is 1. The lowest BCUT2D eigenvalue weighted by molar-refractivity contribution is -0.112. The molecule has 0 bridgehead atoms. The SMILES string of the molecule is N#C/C(=C/c1cc(Br)c(OCc2ccc(I)cc2)c(I)c1)C(=O)Nc1ccc(Cl)cc1. The van der Waals surface area contributed by atoms with Crippen LogP contribution in [0, 0.1) is 18.5 Å². The van der Waals surface area contributed by atoms with Gasteiger partial charge in [0, 0.05) is 14.3 Å². The van der Waals surface area contributed by atoms with E-state index in [-0.39, 0.29) is 5.57 Å². The fourth-order valence-corrected chi connectivity index (χ4v) is 4.84. The molecule has 0 unspecified atom stereocenters. The number of halogens is 4. The van der Waals surface area contributed by atoms with Gasteiger partial charge in [0.05, 0.1) is 8.04 Å². The van der Waals surface area contributed by atoms with Gasteiger partial charge in [-0.3, -0.25) is 4.79 Å². The fraction of sp³-hybridized carbons (Fsp3) is 0.0435. The smallest absolute Gasteiger partial charge is 0.266 e. The maximum Gasteiger partial charge on any atom is 0.266 e. The van der Waals surface area contributed by atoms with Crippen LogP contribution in [-0.2, 0) is 11.4 Å². The Labute approximate surface area is 221 Å². The van der Waals surface area contributed by atoms with Crippen molar-refractivity contribution in [3.63, 3.8) is 0 Å². The molecule has 3 rings (SSSR count). The molecule has 8 heteroatoms. The number of carbonyl (C=O) groups is 1. The molecule has 0 atom stereocenters. The lowest BCUT2D eigenvalue weighted by Crippen LogP contribution is -2.13. The third-order valence-corrected chi connectivity index (χ3v) is 6.46. The predicted octanol–water partition coefficient (Wildman–Crippen LogP) is 7.44. The molecule has 0 aliphatic carbocycles. The summed E-state index contributed by atoms with van der Waals surface area (Å²) in [7, 11) is 0. The first-order valence-electron chi connectivity index (χ1n) is 8.90. The zero-order valence-electron chi connectivity index (χ0n) is 15.8. The standard InChI is InChI=1S/C23H14BrClI2N2O2/c24-20-10-15(9-16(12-28)23(30)29-19-7-3-17(25)4-8-19)11-21(27)22(20)31-13-14-1-5-18(26)6-2-14/h1-11H,13H2,(H,29,30)/b16-9-. The van der Waals surface area contributed by atoms with Crippen molar-refractivity contribution in [3.05, 3.63) is 94.0 Å². The Balaban J connectivity index is 1.76. The first-order valence-corrected chi connectivity index (χ1v) is 12.2. The Morgan fingerprint density at radius 2 is 1.81 bits per heavy atom. The van der Waals surface area contributed by atoms with E-state index in [1.165, 1.54) is 3.57 Å². The van der Waals surface area contributed by atoms with Crippen LogP contribution < -0.4 is 10.1 Å². The number of benzene rings is 3. The molecule has 1 amide bonds. The number of amides is 1. The Morgan fingerprint density at radius 3 is 2.42 bits per heavy atom.